The van der Waals surface area contributed by atoms with Crippen molar-refractivity contribution in [1.82, 2.24) is 9.88 Å². The molecule has 1 aromatic carbocycles. The minimum Gasteiger partial charge on any atom is -0.378 e. The summed E-state index contributed by atoms with van der Waals surface area (Å²) in [6.07, 6.45) is 1.52. The maximum absolute atomic E-state index is 13.7. The Kier molecular flexibility index (Phi) is 3.75. The number of rotatable bonds is 2. The summed E-state index contributed by atoms with van der Waals surface area (Å²) in [4.78, 5) is 18.7. The summed E-state index contributed by atoms with van der Waals surface area (Å²) in [5, 5.41) is 0.528. The molecular formula is C14H13FN2O2S. The van der Waals surface area contributed by atoms with Gasteiger partial charge in [0.2, 0.25) is 0 Å². The second-order valence-corrected chi connectivity index (χ2v) is 5.44. The molecule has 1 aliphatic heterocycles. The lowest BCUT2D eigenvalue weighted by Gasteiger charge is -2.26. The molecular weight excluding hydrogens is 279 g/mol. The summed E-state index contributed by atoms with van der Waals surface area (Å²) >= 11 is 1.22. The number of amides is 1. The van der Waals surface area contributed by atoms with Gasteiger partial charge in [0.1, 0.15) is 15.7 Å². The molecule has 1 aliphatic rings. The highest BCUT2D eigenvalue weighted by Crippen LogP contribution is 2.28. The highest BCUT2D eigenvalue weighted by atomic mass is 32.1. The normalized spacial score (nSPS) is 15.3. The van der Waals surface area contributed by atoms with E-state index < -0.39 is 0 Å². The van der Waals surface area contributed by atoms with Gasteiger partial charge in [0.05, 0.1) is 19.4 Å². The molecule has 0 unspecified atom stereocenters. The van der Waals surface area contributed by atoms with E-state index in [1.165, 1.54) is 23.6 Å². The third-order valence-electron chi connectivity index (χ3n) is 3.12. The molecule has 6 heteroatoms. The van der Waals surface area contributed by atoms with Crippen molar-refractivity contribution in [2.75, 3.05) is 26.3 Å². The molecule has 1 fully saturated rings. The zero-order valence-electron chi connectivity index (χ0n) is 10.7. The number of thiazole rings is 1. The quantitative estimate of drug-likeness (QED) is 0.853. The number of aromatic nitrogens is 1. The number of benzene rings is 1. The maximum atomic E-state index is 13.7. The predicted octanol–water partition coefficient (Wildman–Crippen LogP) is 2.42. The third-order valence-corrected chi connectivity index (χ3v) is 4.14. The molecule has 1 amide bonds. The second kappa shape index (κ2) is 5.68. The molecule has 0 atom stereocenters. The van der Waals surface area contributed by atoms with Crippen LogP contribution in [0.3, 0.4) is 0 Å². The largest absolute Gasteiger partial charge is 0.378 e. The molecule has 1 aromatic heterocycles. The third kappa shape index (κ3) is 2.57. The molecule has 1 saturated heterocycles. The Morgan fingerprint density at radius 3 is 2.80 bits per heavy atom. The van der Waals surface area contributed by atoms with E-state index in [2.05, 4.69) is 4.98 Å². The first-order valence-electron chi connectivity index (χ1n) is 6.33. The molecule has 0 aliphatic carbocycles. The van der Waals surface area contributed by atoms with Crippen LogP contribution in [0.4, 0.5) is 4.39 Å². The standard InChI is InChI=1S/C14H13FN2O2S/c15-11-4-2-1-3-10(11)13-16-9-12(20-13)14(18)17-5-7-19-8-6-17/h1-4,9H,5-8H2. The zero-order valence-corrected chi connectivity index (χ0v) is 11.5. The molecule has 0 N–H and O–H groups in total. The Hall–Kier alpha value is -1.79. The van der Waals surface area contributed by atoms with Crippen LogP contribution in [-0.2, 0) is 4.74 Å². The van der Waals surface area contributed by atoms with Crippen molar-refractivity contribution in [3.8, 4) is 10.6 Å². The molecule has 2 heterocycles. The van der Waals surface area contributed by atoms with E-state index in [9.17, 15) is 9.18 Å². The highest BCUT2D eigenvalue weighted by molar-refractivity contribution is 7.16. The topological polar surface area (TPSA) is 42.4 Å². The van der Waals surface area contributed by atoms with Gasteiger partial charge in [-0.3, -0.25) is 4.79 Å². The smallest absolute Gasteiger partial charge is 0.265 e. The summed E-state index contributed by atoms with van der Waals surface area (Å²) < 4.78 is 18.9. The molecule has 0 saturated carbocycles. The second-order valence-electron chi connectivity index (χ2n) is 4.41. The van der Waals surface area contributed by atoms with E-state index in [1.54, 1.807) is 23.1 Å². The monoisotopic (exact) mass is 292 g/mol. The summed E-state index contributed by atoms with van der Waals surface area (Å²) in [5.41, 5.74) is 0.429. The number of halogens is 1. The number of morpholine rings is 1. The van der Waals surface area contributed by atoms with Gasteiger partial charge in [-0.25, -0.2) is 9.37 Å². The van der Waals surface area contributed by atoms with E-state index in [1.807, 2.05) is 0 Å². The van der Waals surface area contributed by atoms with Crippen LogP contribution < -0.4 is 0 Å². The summed E-state index contributed by atoms with van der Waals surface area (Å²) in [6.45, 7) is 2.30. The van der Waals surface area contributed by atoms with Crippen LogP contribution in [-0.4, -0.2) is 42.1 Å². The summed E-state index contributed by atoms with van der Waals surface area (Å²) in [6, 6.07) is 6.44. The van der Waals surface area contributed by atoms with Crippen LogP contribution in [0.2, 0.25) is 0 Å². The van der Waals surface area contributed by atoms with Gasteiger partial charge in [0, 0.05) is 18.7 Å². The maximum Gasteiger partial charge on any atom is 0.265 e. The van der Waals surface area contributed by atoms with E-state index in [-0.39, 0.29) is 11.7 Å². The van der Waals surface area contributed by atoms with E-state index in [0.717, 1.165) is 0 Å². The molecule has 4 nitrogen and oxygen atoms in total. The first kappa shape index (κ1) is 13.2. The van der Waals surface area contributed by atoms with E-state index >= 15 is 0 Å². The van der Waals surface area contributed by atoms with Gasteiger partial charge in [-0.05, 0) is 12.1 Å². The van der Waals surface area contributed by atoms with Crippen molar-refractivity contribution in [3.63, 3.8) is 0 Å². The molecule has 2 aromatic rings. The Morgan fingerprint density at radius 2 is 2.05 bits per heavy atom. The van der Waals surface area contributed by atoms with E-state index in [0.29, 0.717) is 41.8 Å². The number of nitrogens with zero attached hydrogens (tertiary/aromatic N) is 2. The number of carbonyl (C=O) groups excluding carboxylic acids is 1. The molecule has 20 heavy (non-hydrogen) atoms. The summed E-state index contributed by atoms with van der Waals surface area (Å²) in [5.74, 6) is -0.388. The van der Waals surface area contributed by atoms with Crippen LogP contribution in [0.5, 0.6) is 0 Å². The Morgan fingerprint density at radius 1 is 1.30 bits per heavy atom. The van der Waals surface area contributed by atoms with Gasteiger partial charge in [-0.2, -0.15) is 0 Å². The van der Waals surface area contributed by atoms with Crippen molar-refractivity contribution in [1.29, 1.82) is 0 Å². The predicted molar refractivity (Wildman–Crippen MR) is 74.2 cm³/mol. The lowest BCUT2D eigenvalue weighted by atomic mass is 10.2. The van der Waals surface area contributed by atoms with Gasteiger partial charge < -0.3 is 9.64 Å². The lowest BCUT2D eigenvalue weighted by Crippen LogP contribution is -2.40. The van der Waals surface area contributed by atoms with Crippen molar-refractivity contribution in [2.24, 2.45) is 0 Å². The Labute approximate surface area is 119 Å². The number of hydrogen-bond acceptors (Lipinski definition) is 4. The molecule has 0 radical (unpaired) electrons. The average molecular weight is 292 g/mol. The molecule has 104 valence electrons. The zero-order chi connectivity index (χ0) is 13.9. The van der Waals surface area contributed by atoms with Gasteiger partial charge >= 0.3 is 0 Å². The fourth-order valence-electron chi connectivity index (χ4n) is 2.05. The van der Waals surface area contributed by atoms with Gasteiger partial charge in [0.15, 0.2) is 0 Å². The number of ether oxygens (including phenoxy) is 1. The van der Waals surface area contributed by atoms with Crippen LogP contribution >= 0.6 is 11.3 Å². The van der Waals surface area contributed by atoms with Gasteiger partial charge in [-0.15, -0.1) is 11.3 Å². The number of carbonyl (C=O) groups is 1. The SMILES string of the molecule is O=C(c1cnc(-c2ccccc2F)s1)N1CCOCC1. The molecule has 0 bridgehead atoms. The number of hydrogen-bond donors (Lipinski definition) is 0. The molecule has 0 spiro atoms. The Bertz CT molecular complexity index is 623. The van der Waals surface area contributed by atoms with Crippen LogP contribution in [0, 0.1) is 5.82 Å². The first-order chi connectivity index (χ1) is 9.75. The fourth-order valence-corrected chi connectivity index (χ4v) is 2.97. The van der Waals surface area contributed by atoms with Crippen molar-refractivity contribution < 1.29 is 13.9 Å². The highest BCUT2D eigenvalue weighted by Gasteiger charge is 2.21. The lowest BCUT2D eigenvalue weighted by molar-refractivity contribution is 0.0306. The van der Waals surface area contributed by atoms with Gasteiger partial charge in [0.25, 0.3) is 5.91 Å². The van der Waals surface area contributed by atoms with Gasteiger partial charge in [-0.1, -0.05) is 12.1 Å². The van der Waals surface area contributed by atoms with Crippen LogP contribution in [0.1, 0.15) is 9.67 Å². The van der Waals surface area contributed by atoms with E-state index in [4.69, 9.17) is 4.74 Å². The minimum absolute atomic E-state index is 0.0617. The minimum atomic E-state index is -0.327. The molecule has 3 rings (SSSR count). The van der Waals surface area contributed by atoms with Crippen LogP contribution in [0.25, 0.3) is 10.6 Å². The Balaban J connectivity index is 1.83. The average Bonchev–Trinajstić information content (AvgIpc) is 2.97. The first-order valence-corrected chi connectivity index (χ1v) is 7.15. The van der Waals surface area contributed by atoms with Crippen LogP contribution in [0.15, 0.2) is 30.5 Å². The van der Waals surface area contributed by atoms with Crippen molar-refractivity contribution >= 4 is 17.2 Å². The van der Waals surface area contributed by atoms with Crippen molar-refractivity contribution in [2.45, 2.75) is 0 Å². The summed E-state index contributed by atoms with van der Waals surface area (Å²) in [7, 11) is 0. The van der Waals surface area contributed by atoms with Crippen molar-refractivity contribution in [3.05, 3.63) is 41.2 Å². The fraction of sp³-hybridized carbons (Fsp3) is 0.286.